The Balaban J connectivity index is 2.07. The number of pyridine rings is 1. The van der Waals surface area contributed by atoms with Crippen LogP contribution in [0.25, 0.3) is 0 Å². The molecule has 0 saturated carbocycles. The normalized spacial score (nSPS) is 10.4. The molecule has 0 amide bonds. The third kappa shape index (κ3) is 3.58. The first-order valence-corrected chi connectivity index (χ1v) is 6.93. The molecule has 0 aliphatic carbocycles. The van der Waals surface area contributed by atoms with Crippen LogP contribution in [0.15, 0.2) is 41.6 Å². The minimum absolute atomic E-state index is 0.276. The van der Waals surface area contributed by atoms with Crippen molar-refractivity contribution in [3.05, 3.63) is 58.8 Å². The van der Waals surface area contributed by atoms with E-state index in [4.69, 9.17) is 5.11 Å². The SMILES string of the molecule is Cc1ccc(CSc2cc(C(=O)O)ccn2)cc1C. The first-order chi connectivity index (χ1) is 9.06. The van der Waals surface area contributed by atoms with Gasteiger partial charge < -0.3 is 5.11 Å². The topological polar surface area (TPSA) is 50.2 Å². The van der Waals surface area contributed by atoms with Crippen LogP contribution in [0.1, 0.15) is 27.0 Å². The van der Waals surface area contributed by atoms with Gasteiger partial charge >= 0.3 is 5.97 Å². The van der Waals surface area contributed by atoms with Crippen molar-refractivity contribution in [1.82, 2.24) is 4.98 Å². The number of carboxylic acid groups (broad SMARTS) is 1. The summed E-state index contributed by atoms with van der Waals surface area (Å²) in [4.78, 5) is 15.0. The van der Waals surface area contributed by atoms with Crippen molar-refractivity contribution in [1.29, 1.82) is 0 Å². The number of nitrogens with zero attached hydrogens (tertiary/aromatic N) is 1. The van der Waals surface area contributed by atoms with E-state index < -0.39 is 5.97 Å². The first-order valence-electron chi connectivity index (χ1n) is 5.94. The molecule has 1 aromatic carbocycles. The van der Waals surface area contributed by atoms with Gasteiger partial charge in [-0.05, 0) is 42.7 Å². The lowest BCUT2D eigenvalue weighted by atomic mass is 10.1. The molecule has 0 radical (unpaired) electrons. The van der Waals surface area contributed by atoms with Gasteiger partial charge in [0.25, 0.3) is 0 Å². The average molecular weight is 273 g/mol. The van der Waals surface area contributed by atoms with Crippen molar-refractivity contribution in [3.8, 4) is 0 Å². The molecule has 0 unspecified atom stereocenters. The Labute approximate surface area is 116 Å². The number of aryl methyl sites for hydroxylation is 2. The zero-order valence-corrected chi connectivity index (χ0v) is 11.7. The predicted molar refractivity (Wildman–Crippen MR) is 76.7 cm³/mol. The third-order valence-corrected chi connectivity index (χ3v) is 3.94. The van der Waals surface area contributed by atoms with E-state index in [0.29, 0.717) is 0 Å². The van der Waals surface area contributed by atoms with E-state index in [0.717, 1.165) is 10.8 Å². The Morgan fingerprint density at radius 3 is 2.68 bits per heavy atom. The van der Waals surface area contributed by atoms with Gasteiger partial charge in [-0.2, -0.15) is 0 Å². The quantitative estimate of drug-likeness (QED) is 0.863. The molecule has 0 fully saturated rings. The molecule has 0 bridgehead atoms. The largest absolute Gasteiger partial charge is 0.478 e. The highest BCUT2D eigenvalue weighted by atomic mass is 32.2. The standard InChI is InChI=1S/C15H15NO2S/c1-10-3-4-12(7-11(10)2)9-19-14-8-13(15(17)18)5-6-16-14/h3-8H,9H2,1-2H3,(H,17,18). The van der Waals surface area contributed by atoms with Crippen molar-refractivity contribution in [3.63, 3.8) is 0 Å². The summed E-state index contributed by atoms with van der Waals surface area (Å²) < 4.78 is 0. The molecule has 2 rings (SSSR count). The van der Waals surface area contributed by atoms with E-state index in [2.05, 4.69) is 37.0 Å². The smallest absolute Gasteiger partial charge is 0.335 e. The zero-order valence-electron chi connectivity index (χ0n) is 10.9. The van der Waals surface area contributed by atoms with Gasteiger partial charge in [0.1, 0.15) is 0 Å². The monoisotopic (exact) mass is 273 g/mol. The van der Waals surface area contributed by atoms with Crippen molar-refractivity contribution in [2.45, 2.75) is 24.6 Å². The molecular formula is C15H15NO2S. The number of hydrogen-bond donors (Lipinski definition) is 1. The molecule has 2 aromatic rings. The molecule has 0 saturated heterocycles. The van der Waals surface area contributed by atoms with Crippen molar-refractivity contribution in [2.24, 2.45) is 0 Å². The average Bonchev–Trinajstić information content (AvgIpc) is 2.40. The van der Waals surface area contributed by atoms with E-state index >= 15 is 0 Å². The summed E-state index contributed by atoms with van der Waals surface area (Å²) >= 11 is 1.55. The number of thioether (sulfide) groups is 1. The second kappa shape index (κ2) is 5.89. The first kappa shape index (κ1) is 13.6. The lowest BCUT2D eigenvalue weighted by Crippen LogP contribution is -1.96. The minimum atomic E-state index is -0.921. The Morgan fingerprint density at radius 2 is 2.00 bits per heavy atom. The number of rotatable bonds is 4. The lowest BCUT2D eigenvalue weighted by Gasteiger charge is -2.05. The molecule has 0 spiro atoms. The van der Waals surface area contributed by atoms with Crippen molar-refractivity contribution in [2.75, 3.05) is 0 Å². The fraction of sp³-hybridized carbons (Fsp3) is 0.200. The fourth-order valence-electron chi connectivity index (χ4n) is 1.67. The molecule has 1 heterocycles. The number of carbonyl (C=O) groups is 1. The summed E-state index contributed by atoms with van der Waals surface area (Å²) in [5, 5.41) is 9.66. The number of hydrogen-bond acceptors (Lipinski definition) is 3. The van der Waals surface area contributed by atoms with Crippen LogP contribution in [0.5, 0.6) is 0 Å². The highest BCUT2D eigenvalue weighted by molar-refractivity contribution is 7.98. The molecule has 0 atom stereocenters. The molecule has 3 nitrogen and oxygen atoms in total. The Hall–Kier alpha value is -1.81. The highest BCUT2D eigenvalue weighted by Gasteiger charge is 2.05. The van der Waals surface area contributed by atoms with Gasteiger partial charge in [0.2, 0.25) is 0 Å². The number of benzene rings is 1. The molecule has 1 N–H and O–H groups in total. The Bertz CT molecular complexity index is 611. The third-order valence-electron chi connectivity index (χ3n) is 2.94. The summed E-state index contributed by atoms with van der Waals surface area (Å²) in [7, 11) is 0. The molecule has 4 heteroatoms. The highest BCUT2D eigenvalue weighted by Crippen LogP contribution is 2.22. The van der Waals surface area contributed by atoms with Crippen LogP contribution in [-0.2, 0) is 5.75 Å². The van der Waals surface area contributed by atoms with Gasteiger partial charge in [-0.15, -0.1) is 11.8 Å². The van der Waals surface area contributed by atoms with Gasteiger partial charge in [0.05, 0.1) is 10.6 Å². The second-order valence-electron chi connectivity index (χ2n) is 4.40. The van der Waals surface area contributed by atoms with E-state index in [9.17, 15) is 4.79 Å². The van der Waals surface area contributed by atoms with E-state index in [-0.39, 0.29) is 5.56 Å². The maximum atomic E-state index is 10.9. The summed E-state index contributed by atoms with van der Waals surface area (Å²) in [6.45, 7) is 4.18. The molecule has 19 heavy (non-hydrogen) atoms. The van der Waals surface area contributed by atoms with Gasteiger partial charge in [-0.25, -0.2) is 9.78 Å². The number of aromatic nitrogens is 1. The Morgan fingerprint density at radius 1 is 1.21 bits per heavy atom. The van der Waals surface area contributed by atoms with Gasteiger partial charge in [0, 0.05) is 11.9 Å². The minimum Gasteiger partial charge on any atom is -0.478 e. The van der Waals surface area contributed by atoms with Crippen LogP contribution in [0.4, 0.5) is 0 Å². The fourth-order valence-corrected chi connectivity index (χ4v) is 2.51. The summed E-state index contributed by atoms with van der Waals surface area (Å²) in [5.74, 6) is -0.132. The van der Waals surface area contributed by atoms with Crippen LogP contribution < -0.4 is 0 Å². The van der Waals surface area contributed by atoms with Gasteiger partial charge in [0.15, 0.2) is 0 Å². The molecule has 98 valence electrons. The van der Waals surface area contributed by atoms with Crippen LogP contribution >= 0.6 is 11.8 Å². The molecule has 0 aliphatic rings. The van der Waals surface area contributed by atoms with E-state index in [1.165, 1.54) is 29.0 Å². The van der Waals surface area contributed by atoms with Crippen LogP contribution in [0.3, 0.4) is 0 Å². The maximum Gasteiger partial charge on any atom is 0.335 e. The second-order valence-corrected chi connectivity index (χ2v) is 5.39. The van der Waals surface area contributed by atoms with Crippen molar-refractivity contribution >= 4 is 17.7 Å². The molecule has 0 aliphatic heterocycles. The van der Waals surface area contributed by atoms with Gasteiger partial charge in [-0.1, -0.05) is 18.2 Å². The van der Waals surface area contributed by atoms with E-state index in [1.807, 2.05) is 0 Å². The van der Waals surface area contributed by atoms with Crippen LogP contribution in [0.2, 0.25) is 0 Å². The summed E-state index contributed by atoms with van der Waals surface area (Å²) in [5.41, 5.74) is 4.04. The summed E-state index contributed by atoms with van der Waals surface area (Å²) in [6, 6.07) is 9.46. The lowest BCUT2D eigenvalue weighted by molar-refractivity contribution is 0.0696. The van der Waals surface area contributed by atoms with Crippen LogP contribution in [0, 0.1) is 13.8 Å². The van der Waals surface area contributed by atoms with Crippen LogP contribution in [-0.4, -0.2) is 16.1 Å². The predicted octanol–water partition coefficient (Wildman–Crippen LogP) is 3.69. The number of aromatic carboxylic acids is 1. The molecular weight excluding hydrogens is 258 g/mol. The zero-order chi connectivity index (χ0) is 13.8. The van der Waals surface area contributed by atoms with Crippen molar-refractivity contribution < 1.29 is 9.90 Å². The molecule has 1 aromatic heterocycles. The maximum absolute atomic E-state index is 10.9. The van der Waals surface area contributed by atoms with E-state index in [1.54, 1.807) is 17.8 Å². The summed E-state index contributed by atoms with van der Waals surface area (Å²) in [6.07, 6.45) is 1.53. The van der Waals surface area contributed by atoms with Gasteiger partial charge in [-0.3, -0.25) is 0 Å². The number of carboxylic acids is 1. The Kier molecular flexibility index (Phi) is 4.22.